The third-order valence-electron chi connectivity index (χ3n) is 5.71. The smallest absolute Gasteiger partial charge is 0.230 e. The largest absolute Gasteiger partial charge is 0.359 e. The fourth-order valence-corrected chi connectivity index (χ4v) is 3.82. The van der Waals surface area contributed by atoms with E-state index in [1.165, 1.54) is 6.20 Å². The van der Waals surface area contributed by atoms with Gasteiger partial charge in [0.15, 0.2) is 5.82 Å². The standard InChI is InChI=1S/C27H24FN5O2/c1-27(2,3)23-15-24(32-35-23)31-25(34)13-17-6-9-19(10-7-17)33-16-30-21-14-18(8-11-22(21)33)20-5-4-12-29-26(20)28/h4-12,14-16H,13H2,1-3H3,(H,31,32,34). The van der Waals surface area contributed by atoms with Crippen LogP contribution in [-0.4, -0.2) is 25.6 Å². The number of fused-ring (bicyclic) bond motifs is 1. The molecule has 5 rings (SSSR count). The van der Waals surface area contributed by atoms with Crippen LogP contribution in [0.4, 0.5) is 10.2 Å². The van der Waals surface area contributed by atoms with Gasteiger partial charge in [0.1, 0.15) is 12.1 Å². The second-order valence-electron chi connectivity index (χ2n) is 9.38. The number of nitrogens with one attached hydrogen (secondary N) is 1. The van der Waals surface area contributed by atoms with Crippen LogP contribution in [0.1, 0.15) is 32.1 Å². The molecule has 0 aliphatic rings. The van der Waals surface area contributed by atoms with Gasteiger partial charge in [-0.05, 0) is 47.5 Å². The van der Waals surface area contributed by atoms with Crippen LogP contribution in [0.5, 0.6) is 0 Å². The Balaban J connectivity index is 1.30. The quantitative estimate of drug-likeness (QED) is 0.334. The van der Waals surface area contributed by atoms with Gasteiger partial charge in [-0.2, -0.15) is 4.39 Å². The SMILES string of the molecule is CC(C)(C)c1cc(NC(=O)Cc2ccc(-n3cnc4cc(-c5cccnc5F)ccc43)cc2)no1. The van der Waals surface area contributed by atoms with Gasteiger partial charge in [0, 0.05) is 28.9 Å². The number of halogens is 1. The molecule has 1 amide bonds. The maximum Gasteiger partial charge on any atom is 0.230 e. The molecule has 3 aromatic heterocycles. The molecule has 0 saturated heterocycles. The Labute approximate surface area is 201 Å². The van der Waals surface area contributed by atoms with Crippen LogP contribution < -0.4 is 5.32 Å². The van der Waals surface area contributed by atoms with E-state index in [1.807, 2.05) is 67.8 Å². The summed E-state index contributed by atoms with van der Waals surface area (Å²) in [5, 5.41) is 6.71. The number of amides is 1. The Hall–Kier alpha value is -4.33. The fourth-order valence-electron chi connectivity index (χ4n) is 3.82. The Morgan fingerprint density at radius 1 is 1.06 bits per heavy atom. The normalized spacial score (nSPS) is 11.7. The first-order valence-corrected chi connectivity index (χ1v) is 11.2. The van der Waals surface area contributed by atoms with Gasteiger partial charge in [-0.1, -0.05) is 44.1 Å². The predicted octanol–water partition coefficient (Wildman–Crippen LogP) is 5.69. The fraction of sp³-hybridized carbons (Fsp3) is 0.185. The van der Waals surface area contributed by atoms with Crippen LogP contribution >= 0.6 is 0 Å². The van der Waals surface area contributed by atoms with E-state index >= 15 is 0 Å². The van der Waals surface area contributed by atoms with E-state index in [4.69, 9.17) is 4.52 Å². The first-order chi connectivity index (χ1) is 16.8. The van der Waals surface area contributed by atoms with Gasteiger partial charge in [-0.3, -0.25) is 9.36 Å². The van der Waals surface area contributed by atoms with Crippen LogP contribution in [0.2, 0.25) is 0 Å². The number of carbonyl (C=O) groups excluding carboxylic acids is 1. The first-order valence-electron chi connectivity index (χ1n) is 11.2. The molecule has 176 valence electrons. The Kier molecular flexibility index (Phi) is 5.64. The lowest BCUT2D eigenvalue weighted by atomic mass is 9.93. The van der Waals surface area contributed by atoms with E-state index in [0.29, 0.717) is 17.1 Å². The van der Waals surface area contributed by atoms with E-state index in [2.05, 4.69) is 20.4 Å². The second-order valence-corrected chi connectivity index (χ2v) is 9.38. The van der Waals surface area contributed by atoms with Gasteiger partial charge in [0.2, 0.25) is 11.9 Å². The molecule has 1 N–H and O–H groups in total. The monoisotopic (exact) mass is 469 g/mol. The van der Waals surface area contributed by atoms with E-state index in [-0.39, 0.29) is 17.7 Å². The summed E-state index contributed by atoms with van der Waals surface area (Å²) in [6.45, 7) is 6.05. The van der Waals surface area contributed by atoms with Gasteiger partial charge in [0.05, 0.1) is 17.5 Å². The van der Waals surface area contributed by atoms with Crippen molar-refractivity contribution in [3.63, 3.8) is 0 Å². The molecule has 7 nitrogen and oxygen atoms in total. The highest BCUT2D eigenvalue weighted by Gasteiger charge is 2.20. The number of benzene rings is 2. The third-order valence-corrected chi connectivity index (χ3v) is 5.71. The molecule has 35 heavy (non-hydrogen) atoms. The molecule has 2 aromatic carbocycles. The molecule has 0 spiro atoms. The van der Waals surface area contributed by atoms with Gasteiger partial charge in [-0.25, -0.2) is 9.97 Å². The van der Waals surface area contributed by atoms with Crippen LogP contribution in [0.3, 0.4) is 0 Å². The summed E-state index contributed by atoms with van der Waals surface area (Å²) in [6.07, 6.45) is 3.37. The maximum absolute atomic E-state index is 14.1. The molecule has 0 radical (unpaired) electrons. The van der Waals surface area contributed by atoms with Gasteiger partial charge >= 0.3 is 0 Å². The zero-order chi connectivity index (χ0) is 24.6. The predicted molar refractivity (Wildman–Crippen MR) is 132 cm³/mol. The molecule has 0 aliphatic heterocycles. The van der Waals surface area contributed by atoms with Gasteiger partial charge < -0.3 is 9.84 Å². The summed E-state index contributed by atoms with van der Waals surface area (Å²) in [5.74, 6) is 0.438. The van der Waals surface area contributed by atoms with E-state index < -0.39 is 5.95 Å². The zero-order valence-electron chi connectivity index (χ0n) is 19.6. The average molecular weight is 470 g/mol. The lowest BCUT2D eigenvalue weighted by Crippen LogP contribution is -2.14. The Morgan fingerprint density at radius 2 is 1.86 bits per heavy atom. The van der Waals surface area contributed by atoms with Crippen molar-refractivity contribution in [1.29, 1.82) is 0 Å². The molecule has 0 bridgehead atoms. The number of rotatable bonds is 5. The van der Waals surface area contributed by atoms with Crippen molar-refractivity contribution in [3.05, 3.63) is 90.5 Å². The molecule has 0 saturated carbocycles. The van der Waals surface area contributed by atoms with Gasteiger partial charge in [0.25, 0.3) is 0 Å². The summed E-state index contributed by atoms with van der Waals surface area (Å²) in [6, 6.07) is 18.5. The molecule has 0 atom stereocenters. The molecule has 8 heteroatoms. The highest BCUT2D eigenvalue weighted by molar-refractivity contribution is 5.91. The van der Waals surface area contributed by atoms with E-state index in [1.54, 1.807) is 24.5 Å². The minimum Gasteiger partial charge on any atom is -0.359 e. The molecular formula is C27H24FN5O2. The summed E-state index contributed by atoms with van der Waals surface area (Å²) >= 11 is 0. The molecule has 0 aliphatic carbocycles. The maximum atomic E-state index is 14.1. The molecule has 5 aromatic rings. The van der Waals surface area contributed by atoms with Crippen LogP contribution in [-0.2, 0) is 16.6 Å². The number of hydrogen-bond donors (Lipinski definition) is 1. The summed E-state index contributed by atoms with van der Waals surface area (Å²) in [5.41, 5.74) is 4.39. The van der Waals surface area contributed by atoms with Crippen molar-refractivity contribution in [2.24, 2.45) is 0 Å². The number of imidazole rings is 1. The summed E-state index contributed by atoms with van der Waals surface area (Å²) in [4.78, 5) is 20.7. The van der Waals surface area contributed by atoms with E-state index in [0.717, 1.165) is 27.8 Å². The van der Waals surface area contributed by atoms with E-state index in [9.17, 15) is 9.18 Å². The van der Waals surface area contributed by atoms with Crippen molar-refractivity contribution in [2.75, 3.05) is 5.32 Å². The van der Waals surface area contributed by atoms with Crippen molar-refractivity contribution in [2.45, 2.75) is 32.6 Å². The number of aromatic nitrogens is 4. The summed E-state index contributed by atoms with van der Waals surface area (Å²) in [7, 11) is 0. The second kappa shape index (κ2) is 8.79. The van der Waals surface area contributed by atoms with Crippen LogP contribution in [0.15, 0.2) is 77.7 Å². The lowest BCUT2D eigenvalue weighted by Gasteiger charge is -2.12. The van der Waals surface area contributed by atoms with Crippen molar-refractivity contribution in [3.8, 4) is 16.8 Å². The van der Waals surface area contributed by atoms with Crippen LogP contribution in [0, 0.1) is 5.95 Å². The number of anilines is 1. The lowest BCUT2D eigenvalue weighted by molar-refractivity contribution is -0.115. The highest BCUT2D eigenvalue weighted by atomic mass is 19.1. The number of pyridine rings is 1. The molecule has 3 heterocycles. The average Bonchev–Trinajstić information content (AvgIpc) is 3.47. The summed E-state index contributed by atoms with van der Waals surface area (Å²) < 4.78 is 21.3. The first kappa shape index (κ1) is 22.5. The number of nitrogens with zero attached hydrogens (tertiary/aromatic N) is 4. The Bertz CT molecular complexity index is 1510. The molecule has 0 unspecified atom stereocenters. The topological polar surface area (TPSA) is 85.8 Å². The number of carbonyl (C=O) groups is 1. The minimum absolute atomic E-state index is 0.172. The van der Waals surface area contributed by atoms with Crippen molar-refractivity contribution < 1.29 is 13.7 Å². The van der Waals surface area contributed by atoms with Gasteiger partial charge in [-0.15, -0.1) is 0 Å². The van der Waals surface area contributed by atoms with Crippen LogP contribution in [0.25, 0.3) is 27.8 Å². The Morgan fingerprint density at radius 3 is 2.57 bits per heavy atom. The van der Waals surface area contributed by atoms with Crippen molar-refractivity contribution in [1.82, 2.24) is 19.7 Å². The molecular weight excluding hydrogens is 445 g/mol. The number of hydrogen-bond acceptors (Lipinski definition) is 5. The van der Waals surface area contributed by atoms with Crippen molar-refractivity contribution >= 4 is 22.8 Å². The highest BCUT2D eigenvalue weighted by Crippen LogP contribution is 2.27. The zero-order valence-corrected chi connectivity index (χ0v) is 19.6. The minimum atomic E-state index is -0.510. The third kappa shape index (κ3) is 4.68. The molecule has 0 fully saturated rings.